The largest absolute Gasteiger partial charge is 0.449 e. The Balaban J connectivity index is 1.97. The molecule has 0 fully saturated rings. The predicted molar refractivity (Wildman–Crippen MR) is 72.5 cm³/mol. The van der Waals surface area contributed by atoms with Gasteiger partial charge in [-0.05, 0) is 0 Å². The monoisotopic (exact) mass is 300 g/mol. The van der Waals surface area contributed by atoms with Crippen LogP contribution in [0.25, 0.3) is 0 Å². The second kappa shape index (κ2) is 9.89. The lowest BCUT2D eigenvalue weighted by Gasteiger charge is -2.14. The molecule has 0 aromatic heterocycles. The molecule has 0 unspecified atom stereocenters. The van der Waals surface area contributed by atoms with E-state index in [0.717, 1.165) is 4.90 Å². The Hall–Kier alpha value is -1.93. The molecular formula is C13H20N2O6. The van der Waals surface area contributed by atoms with E-state index in [2.05, 4.69) is 5.32 Å². The van der Waals surface area contributed by atoms with Gasteiger partial charge in [0.25, 0.3) is 11.8 Å². The summed E-state index contributed by atoms with van der Waals surface area (Å²) in [6.07, 6.45) is 2.40. The number of imide groups is 1. The van der Waals surface area contributed by atoms with Gasteiger partial charge in [0.15, 0.2) is 0 Å². The van der Waals surface area contributed by atoms with Crippen LogP contribution in [0.4, 0.5) is 4.79 Å². The molecule has 3 amide bonds. The Labute approximate surface area is 123 Å². The third-order valence-corrected chi connectivity index (χ3v) is 2.60. The summed E-state index contributed by atoms with van der Waals surface area (Å²) in [6, 6.07) is 0. The quantitative estimate of drug-likeness (QED) is 0.439. The average Bonchev–Trinajstić information content (AvgIpc) is 2.78. The lowest BCUT2D eigenvalue weighted by molar-refractivity contribution is -0.136. The lowest BCUT2D eigenvalue weighted by atomic mass is 10.5. The fraction of sp³-hybridized carbons (Fsp3) is 0.615. The Morgan fingerprint density at radius 1 is 1.14 bits per heavy atom. The molecular weight excluding hydrogens is 280 g/mol. The Bertz CT molecular complexity index is 378. The first-order chi connectivity index (χ1) is 10.1. The van der Waals surface area contributed by atoms with Gasteiger partial charge in [0, 0.05) is 45.4 Å². The van der Waals surface area contributed by atoms with Gasteiger partial charge in [-0.3, -0.25) is 14.5 Å². The number of carbonyl (C=O) groups is 3. The van der Waals surface area contributed by atoms with Crippen molar-refractivity contribution in [2.45, 2.75) is 6.42 Å². The molecule has 1 aliphatic heterocycles. The van der Waals surface area contributed by atoms with Gasteiger partial charge in [-0.2, -0.15) is 0 Å². The molecule has 1 aliphatic rings. The van der Waals surface area contributed by atoms with Crippen LogP contribution in [0.3, 0.4) is 0 Å². The number of methoxy groups -OCH3 is 1. The molecule has 118 valence electrons. The van der Waals surface area contributed by atoms with E-state index >= 15 is 0 Å². The summed E-state index contributed by atoms with van der Waals surface area (Å²) in [7, 11) is 1.59. The second-order valence-corrected chi connectivity index (χ2v) is 4.18. The molecule has 0 aromatic carbocycles. The molecule has 1 N–H and O–H groups in total. The first-order valence-electron chi connectivity index (χ1n) is 6.66. The summed E-state index contributed by atoms with van der Waals surface area (Å²) in [4.78, 5) is 34.8. The number of alkyl carbamates (subject to hydrolysis) is 1. The van der Waals surface area contributed by atoms with Gasteiger partial charge in [-0.25, -0.2) is 4.79 Å². The molecule has 0 spiro atoms. The number of nitrogens with zero attached hydrogens (tertiary/aromatic N) is 1. The minimum atomic E-state index is -0.584. The summed E-state index contributed by atoms with van der Waals surface area (Å²) in [6.45, 7) is 2.04. The van der Waals surface area contributed by atoms with Gasteiger partial charge in [-0.1, -0.05) is 0 Å². The zero-order valence-electron chi connectivity index (χ0n) is 12.0. The number of carbonyl (C=O) groups excluding carboxylic acids is 3. The van der Waals surface area contributed by atoms with Crippen molar-refractivity contribution >= 4 is 17.9 Å². The van der Waals surface area contributed by atoms with Crippen molar-refractivity contribution in [2.75, 3.05) is 46.6 Å². The summed E-state index contributed by atoms with van der Waals surface area (Å²) in [5.74, 6) is -0.744. The standard InChI is InChI=1S/C13H20N2O6/c1-19-9-10-20-7-2-8-21-13(18)14-5-6-15-11(16)3-4-12(15)17/h3-4H,2,5-10H2,1H3,(H,14,18). The number of amides is 3. The topological polar surface area (TPSA) is 94.2 Å². The maximum Gasteiger partial charge on any atom is 0.407 e. The lowest BCUT2D eigenvalue weighted by Crippen LogP contribution is -2.38. The van der Waals surface area contributed by atoms with E-state index in [1.807, 2.05) is 0 Å². The van der Waals surface area contributed by atoms with Gasteiger partial charge in [0.05, 0.1) is 19.8 Å². The highest BCUT2D eigenvalue weighted by atomic mass is 16.6. The van der Waals surface area contributed by atoms with Crippen LogP contribution in [0.5, 0.6) is 0 Å². The van der Waals surface area contributed by atoms with E-state index < -0.39 is 6.09 Å². The third-order valence-electron chi connectivity index (χ3n) is 2.60. The van der Waals surface area contributed by atoms with Crippen molar-refractivity contribution < 1.29 is 28.6 Å². The molecule has 0 aliphatic carbocycles. The smallest absolute Gasteiger partial charge is 0.407 e. The van der Waals surface area contributed by atoms with Gasteiger partial charge in [0.1, 0.15) is 0 Å². The number of ether oxygens (including phenoxy) is 3. The van der Waals surface area contributed by atoms with Gasteiger partial charge >= 0.3 is 6.09 Å². The van der Waals surface area contributed by atoms with E-state index in [0.29, 0.717) is 26.2 Å². The zero-order valence-corrected chi connectivity index (χ0v) is 12.0. The van der Waals surface area contributed by atoms with E-state index in [1.54, 1.807) is 7.11 Å². The first-order valence-corrected chi connectivity index (χ1v) is 6.66. The van der Waals surface area contributed by atoms with Crippen LogP contribution < -0.4 is 5.32 Å². The molecule has 0 radical (unpaired) electrons. The van der Waals surface area contributed by atoms with Crippen molar-refractivity contribution in [2.24, 2.45) is 0 Å². The molecule has 1 rings (SSSR count). The molecule has 1 heterocycles. The number of hydrogen-bond acceptors (Lipinski definition) is 6. The number of nitrogens with one attached hydrogen (secondary N) is 1. The minimum absolute atomic E-state index is 0.125. The summed E-state index contributed by atoms with van der Waals surface area (Å²) >= 11 is 0. The fourth-order valence-corrected chi connectivity index (χ4v) is 1.54. The first kappa shape index (κ1) is 17.1. The molecule has 0 saturated heterocycles. The molecule has 8 heteroatoms. The van der Waals surface area contributed by atoms with Gasteiger partial charge in [-0.15, -0.1) is 0 Å². The van der Waals surface area contributed by atoms with Crippen molar-refractivity contribution in [3.8, 4) is 0 Å². The molecule has 21 heavy (non-hydrogen) atoms. The van der Waals surface area contributed by atoms with E-state index in [1.165, 1.54) is 12.2 Å². The highest BCUT2D eigenvalue weighted by Crippen LogP contribution is 2.01. The van der Waals surface area contributed by atoms with Crippen molar-refractivity contribution in [3.05, 3.63) is 12.2 Å². The number of hydrogen-bond donors (Lipinski definition) is 1. The maximum absolute atomic E-state index is 11.3. The highest BCUT2D eigenvalue weighted by molar-refractivity contribution is 6.12. The Morgan fingerprint density at radius 3 is 2.52 bits per heavy atom. The Kier molecular flexibility index (Phi) is 8.07. The number of rotatable bonds is 10. The van der Waals surface area contributed by atoms with Crippen LogP contribution in [0.2, 0.25) is 0 Å². The van der Waals surface area contributed by atoms with Crippen LogP contribution in [0.1, 0.15) is 6.42 Å². The Morgan fingerprint density at radius 2 is 1.86 bits per heavy atom. The van der Waals surface area contributed by atoms with Crippen molar-refractivity contribution in [1.29, 1.82) is 0 Å². The van der Waals surface area contributed by atoms with Crippen molar-refractivity contribution in [3.63, 3.8) is 0 Å². The zero-order chi connectivity index (χ0) is 15.5. The van der Waals surface area contributed by atoms with E-state index in [9.17, 15) is 14.4 Å². The fourth-order valence-electron chi connectivity index (χ4n) is 1.54. The summed E-state index contributed by atoms with van der Waals surface area (Å²) < 4.78 is 14.9. The SMILES string of the molecule is COCCOCCCOC(=O)NCCN1C(=O)C=CC1=O. The van der Waals surface area contributed by atoms with Crippen LogP contribution in [-0.2, 0) is 23.8 Å². The van der Waals surface area contributed by atoms with Crippen LogP contribution in [0, 0.1) is 0 Å². The molecule has 0 aromatic rings. The van der Waals surface area contributed by atoms with Gasteiger partial charge < -0.3 is 19.5 Å². The molecule has 0 atom stereocenters. The molecule has 0 saturated carbocycles. The van der Waals surface area contributed by atoms with Crippen molar-refractivity contribution in [1.82, 2.24) is 10.2 Å². The minimum Gasteiger partial charge on any atom is -0.449 e. The molecule has 8 nitrogen and oxygen atoms in total. The predicted octanol–water partition coefficient (Wildman–Crippen LogP) is -0.309. The maximum atomic E-state index is 11.3. The van der Waals surface area contributed by atoms with E-state index in [4.69, 9.17) is 14.2 Å². The van der Waals surface area contributed by atoms with Crippen LogP contribution in [-0.4, -0.2) is 69.4 Å². The van der Waals surface area contributed by atoms with E-state index in [-0.39, 0.29) is 31.5 Å². The van der Waals surface area contributed by atoms with Crippen LogP contribution in [0.15, 0.2) is 12.2 Å². The third kappa shape index (κ3) is 6.87. The molecule has 0 bridgehead atoms. The second-order valence-electron chi connectivity index (χ2n) is 4.18. The van der Waals surface area contributed by atoms with Gasteiger partial charge in [0.2, 0.25) is 0 Å². The summed E-state index contributed by atoms with van der Waals surface area (Å²) in [5, 5.41) is 2.47. The summed E-state index contributed by atoms with van der Waals surface area (Å²) in [5.41, 5.74) is 0. The highest BCUT2D eigenvalue weighted by Gasteiger charge is 2.22. The average molecular weight is 300 g/mol. The van der Waals surface area contributed by atoms with Crippen LogP contribution >= 0.6 is 0 Å². The normalized spacial score (nSPS) is 13.9.